The number of hydrogen-bond donors (Lipinski definition) is 2. The predicted octanol–water partition coefficient (Wildman–Crippen LogP) is 5.10. The maximum atomic E-state index is 11.8. The predicted molar refractivity (Wildman–Crippen MR) is 95.5 cm³/mol. The fraction of sp³-hybridized carbons (Fsp3) is 0.588. The van der Waals surface area contributed by atoms with Gasteiger partial charge in [-0.2, -0.15) is 0 Å². The highest BCUT2D eigenvalue weighted by Gasteiger charge is 2.28. The summed E-state index contributed by atoms with van der Waals surface area (Å²) in [4.78, 5) is 11.8. The van der Waals surface area contributed by atoms with Gasteiger partial charge in [0, 0.05) is 28.3 Å². The monoisotopic (exact) mass is 358 g/mol. The second kappa shape index (κ2) is 7.63. The van der Waals surface area contributed by atoms with Crippen LogP contribution >= 0.6 is 23.2 Å². The van der Waals surface area contributed by atoms with Crippen LogP contribution in [0.5, 0.6) is 0 Å². The molecule has 1 saturated carbocycles. The molecule has 0 aromatic heterocycles. The first-order valence-corrected chi connectivity index (χ1v) is 8.68. The third-order valence-corrected chi connectivity index (χ3v) is 4.22. The number of rotatable bonds is 4. The molecule has 2 atom stereocenters. The van der Waals surface area contributed by atoms with Gasteiger partial charge in [0.15, 0.2) is 0 Å². The van der Waals surface area contributed by atoms with Crippen LogP contribution in [0.1, 0.15) is 40.0 Å². The van der Waals surface area contributed by atoms with Gasteiger partial charge in [0.2, 0.25) is 0 Å². The smallest absolute Gasteiger partial charge is 0.407 e. The molecule has 6 heteroatoms. The standard InChI is InChI=1S/C17H24Cl2N2O2/c1-17(2,3)23-16(22)20-10-11-5-4-6-15(11)21-14-8-12(18)7-13(19)9-14/h7-9,11,15,21H,4-6,10H2,1-3H3,(H,20,22). The third-order valence-electron chi connectivity index (χ3n) is 3.78. The number of alkyl carbamates (subject to hydrolysis) is 1. The van der Waals surface area contributed by atoms with Crippen molar-refractivity contribution in [2.24, 2.45) is 5.92 Å². The molecule has 0 bridgehead atoms. The summed E-state index contributed by atoms with van der Waals surface area (Å²) in [6, 6.07) is 5.73. The number of carbonyl (C=O) groups excluding carboxylic acids is 1. The zero-order valence-electron chi connectivity index (χ0n) is 13.8. The van der Waals surface area contributed by atoms with Crippen LogP contribution in [0.4, 0.5) is 10.5 Å². The second-order valence-electron chi connectivity index (χ2n) is 6.98. The molecule has 1 amide bonds. The van der Waals surface area contributed by atoms with Crippen LogP contribution in [0.15, 0.2) is 18.2 Å². The first-order chi connectivity index (χ1) is 10.7. The fourth-order valence-electron chi connectivity index (χ4n) is 2.85. The minimum atomic E-state index is -0.477. The Labute approximate surface area is 147 Å². The van der Waals surface area contributed by atoms with E-state index in [1.54, 1.807) is 6.07 Å². The van der Waals surface area contributed by atoms with Gasteiger partial charge in [-0.25, -0.2) is 4.79 Å². The van der Waals surface area contributed by atoms with E-state index in [4.69, 9.17) is 27.9 Å². The molecule has 1 fully saturated rings. The van der Waals surface area contributed by atoms with Gasteiger partial charge in [0.05, 0.1) is 0 Å². The molecule has 1 aromatic rings. The lowest BCUT2D eigenvalue weighted by molar-refractivity contribution is 0.0519. The number of hydrogen-bond acceptors (Lipinski definition) is 3. The molecular weight excluding hydrogens is 335 g/mol. The SMILES string of the molecule is CC(C)(C)OC(=O)NCC1CCCC1Nc1cc(Cl)cc(Cl)c1. The van der Waals surface area contributed by atoms with Gasteiger partial charge in [-0.1, -0.05) is 29.6 Å². The van der Waals surface area contributed by atoms with Crippen molar-refractivity contribution in [2.75, 3.05) is 11.9 Å². The van der Waals surface area contributed by atoms with Crippen molar-refractivity contribution in [3.63, 3.8) is 0 Å². The molecule has 1 aliphatic rings. The van der Waals surface area contributed by atoms with Gasteiger partial charge in [0.1, 0.15) is 5.60 Å². The average molecular weight is 359 g/mol. The highest BCUT2D eigenvalue weighted by Crippen LogP contribution is 2.30. The van der Waals surface area contributed by atoms with Crippen molar-refractivity contribution in [1.82, 2.24) is 5.32 Å². The molecule has 1 aliphatic carbocycles. The number of anilines is 1. The summed E-state index contributed by atoms with van der Waals surface area (Å²) in [7, 11) is 0. The fourth-order valence-corrected chi connectivity index (χ4v) is 3.38. The van der Waals surface area contributed by atoms with E-state index in [2.05, 4.69) is 10.6 Å². The number of benzene rings is 1. The molecule has 23 heavy (non-hydrogen) atoms. The number of ether oxygens (including phenoxy) is 1. The molecule has 2 unspecified atom stereocenters. The Kier molecular flexibility index (Phi) is 6.04. The van der Waals surface area contributed by atoms with E-state index >= 15 is 0 Å². The van der Waals surface area contributed by atoms with E-state index in [0.717, 1.165) is 24.9 Å². The Balaban J connectivity index is 1.89. The summed E-state index contributed by atoms with van der Waals surface area (Å²) in [5.41, 5.74) is 0.436. The zero-order valence-corrected chi connectivity index (χ0v) is 15.3. The topological polar surface area (TPSA) is 50.4 Å². The van der Waals surface area contributed by atoms with Crippen molar-refractivity contribution in [3.05, 3.63) is 28.2 Å². The van der Waals surface area contributed by atoms with Crippen LogP contribution in [0.25, 0.3) is 0 Å². The van der Waals surface area contributed by atoms with Crippen LogP contribution in [0.2, 0.25) is 10.0 Å². The van der Waals surface area contributed by atoms with Crippen LogP contribution < -0.4 is 10.6 Å². The van der Waals surface area contributed by atoms with Gasteiger partial charge >= 0.3 is 6.09 Å². The zero-order chi connectivity index (χ0) is 17.0. The van der Waals surface area contributed by atoms with Crippen LogP contribution in [-0.2, 0) is 4.74 Å². The van der Waals surface area contributed by atoms with Crippen molar-refractivity contribution in [2.45, 2.75) is 51.7 Å². The minimum absolute atomic E-state index is 0.291. The van der Waals surface area contributed by atoms with Gasteiger partial charge in [-0.15, -0.1) is 0 Å². The van der Waals surface area contributed by atoms with Crippen LogP contribution in [-0.4, -0.2) is 24.3 Å². The summed E-state index contributed by atoms with van der Waals surface area (Å²) in [5, 5.41) is 7.57. The van der Waals surface area contributed by atoms with E-state index < -0.39 is 5.60 Å². The molecule has 128 valence electrons. The van der Waals surface area contributed by atoms with E-state index in [0.29, 0.717) is 28.5 Å². The van der Waals surface area contributed by atoms with Crippen LogP contribution in [0, 0.1) is 5.92 Å². The van der Waals surface area contributed by atoms with Crippen molar-refractivity contribution < 1.29 is 9.53 Å². The van der Waals surface area contributed by atoms with Crippen molar-refractivity contribution in [1.29, 1.82) is 0 Å². The maximum Gasteiger partial charge on any atom is 0.407 e. The summed E-state index contributed by atoms with van der Waals surface area (Å²) in [6.45, 7) is 6.17. The van der Waals surface area contributed by atoms with E-state index in [1.807, 2.05) is 32.9 Å². The Morgan fingerprint density at radius 2 is 1.87 bits per heavy atom. The Hall–Kier alpha value is -1.13. The molecule has 2 N–H and O–H groups in total. The summed E-state index contributed by atoms with van der Waals surface area (Å²) in [6.07, 6.45) is 2.90. The largest absolute Gasteiger partial charge is 0.444 e. The third kappa shape index (κ3) is 6.11. The highest BCUT2D eigenvalue weighted by molar-refractivity contribution is 6.35. The maximum absolute atomic E-state index is 11.8. The highest BCUT2D eigenvalue weighted by atomic mass is 35.5. The molecule has 0 heterocycles. The van der Waals surface area contributed by atoms with Gasteiger partial charge in [-0.05, 0) is 57.7 Å². The molecule has 0 saturated heterocycles. The Morgan fingerprint density at radius 3 is 2.48 bits per heavy atom. The number of amides is 1. The Bertz CT molecular complexity index is 538. The van der Waals surface area contributed by atoms with Crippen molar-refractivity contribution in [3.8, 4) is 0 Å². The lowest BCUT2D eigenvalue weighted by Crippen LogP contribution is -2.38. The first kappa shape index (κ1) is 18.2. The molecule has 1 aromatic carbocycles. The molecule has 0 radical (unpaired) electrons. The Morgan fingerprint density at radius 1 is 1.22 bits per heavy atom. The quantitative estimate of drug-likeness (QED) is 0.786. The molecule has 4 nitrogen and oxygen atoms in total. The summed E-state index contributed by atoms with van der Waals surface area (Å²) < 4.78 is 5.28. The lowest BCUT2D eigenvalue weighted by atomic mass is 10.0. The number of nitrogens with one attached hydrogen (secondary N) is 2. The molecule has 0 spiro atoms. The first-order valence-electron chi connectivity index (χ1n) is 7.92. The number of halogens is 2. The van der Waals surface area contributed by atoms with Gasteiger partial charge in [0.25, 0.3) is 0 Å². The average Bonchev–Trinajstić information content (AvgIpc) is 2.80. The van der Waals surface area contributed by atoms with E-state index in [-0.39, 0.29) is 6.09 Å². The molecule has 2 rings (SSSR count). The van der Waals surface area contributed by atoms with E-state index in [9.17, 15) is 4.79 Å². The number of carbonyl (C=O) groups is 1. The molecule has 0 aliphatic heterocycles. The lowest BCUT2D eigenvalue weighted by Gasteiger charge is -2.24. The van der Waals surface area contributed by atoms with Gasteiger partial charge < -0.3 is 15.4 Å². The van der Waals surface area contributed by atoms with E-state index in [1.165, 1.54) is 0 Å². The molecular formula is C17H24Cl2N2O2. The minimum Gasteiger partial charge on any atom is -0.444 e. The van der Waals surface area contributed by atoms with Crippen molar-refractivity contribution >= 4 is 35.0 Å². The second-order valence-corrected chi connectivity index (χ2v) is 7.86. The normalized spacial score (nSPS) is 21.1. The summed E-state index contributed by atoms with van der Waals surface area (Å²) in [5.74, 6) is 0.361. The summed E-state index contributed by atoms with van der Waals surface area (Å²) >= 11 is 12.1. The van der Waals surface area contributed by atoms with Crippen LogP contribution in [0.3, 0.4) is 0 Å². The van der Waals surface area contributed by atoms with Gasteiger partial charge in [-0.3, -0.25) is 0 Å².